The van der Waals surface area contributed by atoms with Crippen LogP contribution in [0.15, 0.2) is 18.2 Å². The smallest absolute Gasteiger partial charge is 0.211 e. The Morgan fingerprint density at radius 2 is 2.29 bits per heavy atom. The second-order valence-electron chi connectivity index (χ2n) is 3.97. The monoisotopic (exact) mass is 257 g/mol. The third-order valence-electron chi connectivity index (χ3n) is 2.62. The van der Waals surface area contributed by atoms with Crippen molar-refractivity contribution in [3.8, 4) is 0 Å². The Labute approximate surface area is 100 Å². The van der Waals surface area contributed by atoms with Crippen molar-refractivity contribution in [3.63, 3.8) is 0 Å². The molecule has 1 aliphatic rings. The predicted octanol–water partition coefficient (Wildman–Crippen LogP) is -0.00330. The van der Waals surface area contributed by atoms with Gasteiger partial charge in [0.05, 0.1) is 18.6 Å². The molecule has 0 radical (unpaired) electrons. The van der Waals surface area contributed by atoms with E-state index < -0.39 is 10.0 Å². The van der Waals surface area contributed by atoms with Gasteiger partial charge < -0.3 is 10.5 Å². The van der Waals surface area contributed by atoms with Crippen LogP contribution in [0, 0.1) is 0 Å². The highest BCUT2D eigenvalue weighted by atomic mass is 32.2. The molecule has 2 rings (SSSR count). The summed E-state index contributed by atoms with van der Waals surface area (Å²) in [5.74, 6) is 0.405. The van der Waals surface area contributed by atoms with Crippen molar-refractivity contribution in [2.45, 2.75) is 6.10 Å². The van der Waals surface area contributed by atoms with E-state index in [0.29, 0.717) is 24.7 Å². The summed E-state index contributed by atoms with van der Waals surface area (Å²) in [5, 5.41) is 0. The number of hydrogen-bond acceptors (Lipinski definition) is 5. The first kappa shape index (κ1) is 12.3. The normalized spacial score (nSPS) is 22.5. The number of sulfonamides is 1. The van der Waals surface area contributed by atoms with Gasteiger partial charge >= 0.3 is 0 Å². The minimum atomic E-state index is -3.18. The van der Waals surface area contributed by atoms with E-state index in [2.05, 4.69) is 4.98 Å². The van der Waals surface area contributed by atoms with Gasteiger partial charge in [-0.3, -0.25) is 0 Å². The van der Waals surface area contributed by atoms with E-state index in [1.807, 2.05) is 0 Å². The molecule has 1 fully saturated rings. The molecule has 1 aliphatic heterocycles. The van der Waals surface area contributed by atoms with E-state index in [9.17, 15) is 8.42 Å². The number of aromatic nitrogens is 1. The molecule has 17 heavy (non-hydrogen) atoms. The Morgan fingerprint density at radius 3 is 2.94 bits per heavy atom. The number of morpholine rings is 1. The lowest BCUT2D eigenvalue weighted by atomic mass is 10.2. The van der Waals surface area contributed by atoms with Gasteiger partial charge in [0.15, 0.2) is 0 Å². The molecule has 7 heteroatoms. The molecule has 0 aromatic carbocycles. The third kappa shape index (κ3) is 2.93. The van der Waals surface area contributed by atoms with Gasteiger partial charge in [0.2, 0.25) is 10.0 Å². The zero-order chi connectivity index (χ0) is 12.5. The maximum Gasteiger partial charge on any atom is 0.211 e. The molecule has 0 saturated carbocycles. The highest BCUT2D eigenvalue weighted by Crippen LogP contribution is 2.22. The SMILES string of the molecule is CS(=O)(=O)N1CCOC(c2cccc(N)n2)C1. The maximum atomic E-state index is 11.5. The molecule has 94 valence electrons. The average molecular weight is 257 g/mol. The third-order valence-corrected chi connectivity index (χ3v) is 3.89. The van der Waals surface area contributed by atoms with Crippen molar-refractivity contribution in [2.75, 3.05) is 31.7 Å². The first-order chi connectivity index (χ1) is 7.97. The number of anilines is 1. The van der Waals surface area contributed by atoms with Crippen molar-refractivity contribution in [1.29, 1.82) is 0 Å². The van der Waals surface area contributed by atoms with Crippen LogP contribution in [0.1, 0.15) is 11.8 Å². The van der Waals surface area contributed by atoms with Crippen LogP contribution in [0.2, 0.25) is 0 Å². The lowest BCUT2D eigenvalue weighted by molar-refractivity contribution is -0.00465. The van der Waals surface area contributed by atoms with Crippen LogP contribution in [-0.4, -0.2) is 43.7 Å². The van der Waals surface area contributed by atoms with Crippen molar-refractivity contribution < 1.29 is 13.2 Å². The summed E-state index contributed by atoms with van der Waals surface area (Å²) in [4.78, 5) is 4.14. The number of nitrogen functional groups attached to an aromatic ring is 1. The summed E-state index contributed by atoms with van der Waals surface area (Å²) in [6, 6.07) is 5.24. The van der Waals surface area contributed by atoms with Gasteiger partial charge in [-0.15, -0.1) is 0 Å². The van der Waals surface area contributed by atoms with Crippen LogP contribution in [0.3, 0.4) is 0 Å². The van der Waals surface area contributed by atoms with E-state index in [4.69, 9.17) is 10.5 Å². The summed E-state index contributed by atoms with van der Waals surface area (Å²) in [6.07, 6.45) is 0.851. The number of pyridine rings is 1. The molecule has 0 amide bonds. The fourth-order valence-corrected chi connectivity index (χ4v) is 2.57. The largest absolute Gasteiger partial charge is 0.384 e. The molecule has 1 unspecified atom stereocenters. The first-order valence-corrected chi connectivity index (χ1v) is 7.11. The molecule has 1 aromatic rings. The molecule has 1 atom stereocenters. The molecule has 0 aliphatic carbocycles. The van der Waals surface area contributed by atoms with Gasteiger partial charge in [-0.2, -0.15) is 4.31 Å². The van der Waals surface area contributed by atoms with Gasteiger partial charge in [-0.25, -0.2) is 13.4 Å². The first-order valence-electron chi connectivity index (χ1n) is 5.26. The Morgan fingerprint density at radius 1 is 1.53 bits per heavy atom. The number of nitrogens with two attached hydrogens (primary N) is 1. The molecule has 0 bridgehead atoms. The number of rotatable bonds is 2. The van der Waals surface area contributed by atoms with Crippen LogP contribution >= 0.6 is 0 Å². The molecule has 0 spiro atoms. The Balaban J connectivity index is 2.18. The molecule has 1 saturated heterocycles. The van der Waals surface area contributed by atoms with E-state index in [0.717, 1.165) is 0 Å². The van der Waals surface area contributed by atoms with E-state index >= 15 is 0 Å². The fraction of sp³-hybridized carbons (Fsp3) is 0.500. The van der Waals surface area contributed by atoms with Gasteiger partial charge in [0.1, 0.15) is 11.9 Å². The van der Waals surface area contributed by atoms with Crippen molar-refractivity contribution in [3.05, 3.63) is 23.9 Å². The highest BCUT2D eigenvalue weighted by Gasteiger charge is 2.28. The maximum absolute atomic E-state index is 11.5. The zero-order valence-electron chi connectivity index (χ0n) is 9.54. The number of nitrogens with zero attached hydrogens (tertiary/aromatic N) is 2. The van der Waals surface area contributed by atoms with Crippen LogP contribution in [0.25, 0.3) is 0 Å². The van der Waals surface area contributed by atoms with Crippen molar-refractivity contribution in [1.82, 2.24) is 9.29 Å². The van der Waals surface area contributed by atoms with Crippen LogP contribution in [-0.2, 0) is 14.8 Å². The summed E-state index contributed by atoms with van der Waals surface area (Å²) in [6.45, 7) is 1.04. The fourth-order valence-electron chi connectivity index (χ4n) is 1.75. The van der Waals surface area contributed by atoms with E-state index in [1.165, 1.54) is 10.6 Å². The second kappa shape index (κ2) is 4.59. The highest BCUT2D eigenvalue weighted by molar-refractivity contribution is 7.88. The minimum absolute atomic E-state index is 0.287. The minimum Gasteiger partial charge on any atom is -0.384 e. The van der Waals surface area contributed by atoms with E-state index in [1.54, 1.807) is 18.2 Å². The number of hydrogen-bond donors (Lipinski definition) is 1. The van der Waals surface area contributed by atoms with Crippen molar-refractivity contribution >= 4 is 15.8 Å². The topological polar surface area (TPSA) is 85.5 Å². The lowest BCUT2D eigenvalue weighted by Crippen LogP contribution is -2.41. The van der Waals surface area contributed by atoms with Crippen molar-refractivity contribution in [2.24, 2.45) is 0 Å². The van der Waals surface area contributed by atoms with Gasteiger partial charge in [-0.05, 0) is 12.1 Å². The summed E-state index contributed by atoms with van der Waals surface area (Å²) >= 11 is 0. The standard InChI is InChI=1S/C10H15N3O3S/c1-17(14,15)13-5-6-16-9(7-13)8-3-2-4-10(11)12-8/h2-4,9H,5-7H2,1H3,(H2,11,12). The Kier molecular flexibility index (Phi) is 3.32. The number of ether oxygens (including phenoxy) is 1. The predicted molar refractivity (Wildman–Crippen MR) is 63.8 cm³/mol. The van der Waals surface area contributed by atoms with Gasteiger partial charge in [-0.1, -0.05) is 6.07 Å². The zero-order valence-corrected chi connectivity index (χ0v) is 10.4. The molecule has 2 N–H and O–H groups in total. The lowest BCUT2D eigenvalue weighted by Gasteiger charge is -2.30. The Hall–Kier alpha value is -1.18. The van der Waals surface area contributed by atoms with Crippen LogP contribution in [0.5, 0.6) is 0 Å². The van der Waals surface area contributed by atoms with Crippen LogP contribution < -0.4 is 5.73 Å². The summed E-state index contributed by atoms with van der Waals surface area (Å²) in [5.41, 5.74) is 6.25. The molecule has 1 aromatic heterocycles. The molecular weight excluding hydrogens is 242 g/mol. The molecule has 6 nitrogen and oxygen atoms in total. The Bertz CT molecular complexity index is 503. The van der Waals surface area contributed by atoms with Gasteiger partial charge in [0, 0.05) is 13.1 Å². The van der Waals surface area contributed by atoms with E-state index in [-0.39, 0.29) is 12.6 Å². The van der Waals surface area contributed by atoms with Gasteiger partial charge in [0.25, 0.3) is 0 Å². The summed E-state index contributed by atoms with van der Waals surface area (Å²) < 4.78 is 29.8. The average Bonchev–Trinajstić information content (AvgIpc) is 2.28. The quantitative estimate of drug-likeness (QED) is 0.805. The molecular formula is C10H15N3O3S. The second-order valence-corrected chi connectivity index (χ2v) is 5.95. The van der Waals surface area contributed by atoms with Crippen LogP contribution in [0.4, 0.5) is 5.82 Å². The summed E-state index contributed by atoms with van der Waals surface area (Å²) in [7, 11) is -3.18. The molecule has 2 heterocycles.